The summed E-state index contributed by atoms with van der Waals surface area (Å²) in [6.07, 6.45) is 1.93. The monoisotopic (exact) mass is 502 g/mol. The molecule has 7 nitrogen and oxygen atoms in total. The van der Waals surface area contributed by atoms with Crippen LogP contribution in [-0.2, 0) is 4.79 Å². The van der Waals surface area contributed by atoms with Crippen LogP contribution in [0.15, 0.2) is 84.9 Å². The molecule has 6 rings (SSSR count). The van der Waals surface area contributed by atoms with Gasteiger partial charge < -0.3 is 10.2 Å². The maximum Gasteiger partial charge on any atom is 0.243 e. The van der Waals surface area contributed by atoms with Gasteiger partial charge in [0.05, 0.1) is 23.1 Å². The summed E-state index contributed by atoms with van der Waals surface area (Å²) in [5.74, 6) is -0.647. The molecule has 0 unspecified atom stereocenters. The molecule has 1 aromatic heterocycles. The number of nitriles is 1. The molecular weight excluding hydrogens is 472 g/mol. The maximum atomic E-state index is 13.0. The molecule has 1 atom stereocenters. The third-order valence-corrected chi connectivity index (χ3v) is 7.38. The van der Waals surface area contributed by atoms with Crippen LogP contribution in [0.5, 0.6) is 0 Å². The van der Waals surface area contributed by atoms with Crippen molar-refractivity contribution in [1.29, 1.82) is 5.26 Å². The van der Waals surface area contributed by atoms with E-state index in [2.05, 4.69) is 81.8 Å². The molecule has 38 heavy (non-hydrogen) atoms. The Bertz CT molecular complexity index is 1420. The third kappa shape index (κ3) is 4.96. The third-order valence-electron chi connectivity index (χ3n) is 7.38. The number of fused-ring (bicyclic) bond motifs is 1. The first kappa shape index (κ1) is 24.1. The van der Waals surface area contributed by atoms with Crippen molar-refractivity contribution in [3.63, 3.8) is 0 Å². The van der Waals surface area contributed by atoms with Crippen molar-refractivity contribution in [2.45, 2.75) is 30.8 Å². The van der Waals surface area contributed by atoms with Gasteiger partial charge >= 0.3 is 0 Å². The molecule has 0 spiro atoms. The SMILES string of the molecule is N#C[C@@H](C(=O)NC1CC1)c1nc2ccccc2nc1N1CCN(C(c2ccccc2)c2ccccc2)CC1. The molecule has 4 aromatic rings. The summed E-state index contributed by atoms with van der Waals surface area (Å²) in [6.45, 7) is 3.07. The second-order valence-corrected chi connectivity index (χ2v) is 10.0. The Kier molecular flexibility index (Phi) is 6.72. The van der Waals surface area contributed by atoms with Crippen LogP contribution in [-0.4, -0.2) is 53.0 Å². The predicted octanol–water partition coefficient (Wildman–Crippen LogP) is 4.43. The van der Waals surface area contributed by atoms with Gasteiger partial charge in [0.15, 0.2) is 11.7 Å². The van der Waals surface area contributed by atoms with Crippen LogP contribution >= 0.6 is 0 Å². The number of amides is 1. The fourth-order valence-electron chi connectivity index (χ4n) is 5.26. The molecule has 1 N–H and O–H groups in total. The highest BCUT2D eigenvalue weighted by Crippen LogP contribution is 2.33. The number of para-hydroxylation sites is 2. The fraction of sp³-hybridized carbons (Fsp3) is 0.290. The van der Waals surface area contributed by atoms with Gasteiger partial charge in [0.2, 0.25) is 5.91 Å². The Labute approximate surface area is 222 Å². The zero-order valence-electron chi connectivity index (χ0n) is 21.2. The molecule has 1 amide bonds. The average Bonchev–Trinajstić information content (AvgIpc) is 3.79. The van der Waals surface area contributed by atoms with Crippen LogP contribution in [0.25, 0.3) is 11.0 Å². The van der Waals surface area contributed by atoms with Crippen molar-refractivity contribution in [2.75, 3.05) is 31.1 Å². The number of carbonyl (C=O) groups is 1. The summed E-state index contributed by atoms with van der Waals surface area (Å²) in [6, 6.07) is 31.4. The number of aromatic nitrogens is 2. The van der Waals surface area contributed by atoms with Gasteiger partial charge in [-0.15, -0.1) is 0 Å². The highest BCUT2D eigenvalue weighted by atomic mass is 16.2. The van der Waals surface area contributed by atoms with Crippen molar-refractivity contribution in [3.8, 4) is 6.07 Å². The Morgan fingerprint density at radius 1 is 0.816 bits per heavy atom. The standard InChI is InChI=1S/C31H30N6O/c32-21-25(31(38)33-24-15-16-24)28-30(35-27-14-8-7-13-26(27)34-28)37-19-17-36(18-20-37)29(22-9-3-1-4-10-22)23-11-5-2-6-12-23/h1-14,24-25,29H,15-20H2,(H,33,38)/t25-/m1/s1. The zero-order valence-corrected chi connectivity index (χ0v) is 21.2. The summed E-state index contributed by atoms with van der Waals surface area (Å²) in [5, 5.41) is 13.0. The van der Waals surface area contributed by atoms with Crippen LogP contribution < -0.4 is 10.2 Å². The van der Waals surface area contributed by atoms with E-state index in [1.807, 2.05) is 24.3 Å². The Morgan fingerprint density at radius 2 is 1.37 bits per heavy atom. The number of hydrogen-bond acceptors (Lipinski definition) is 6. The molecule has 2 aliphatic rings. The number of piperazine rings is 1. The van der Waals surface area contributed by atoms with E-state index in [-0.39, 0.29) is 18.0 Å². The number of nitrogens with zero attached hydrogens (tertiary/aromatic N) is 5. The minimum Gasteiger partial charge on any atom is -0.352 e. The molecule has 1 aliphatic heterocycles. The lowest BCUT2D eigenvalue weighted by Gasteiger charge is -2.40. The second-order valence-electron chi connectivity index (χ2n) is 10.0. The van der Waals surface area contributed by atoms with E-state index >= 15 is 0 Å². The summed E-state index contributed by atoms with van der Waals surface area (Å²) < 4.78 is 0. The largest absolute Gasteiger partial charge is 0.352 e. The van der Waals surface area contributed by atoms with E-state index in [0.717, 1.165) is 44.5 Å². The first-order chi connectivity index (χ1) is 18.7. The van der Waals surface area contributed by atoms with E-state index in [9.17, 15) is 10.1 Å². The van der Waals surface area contributed by atoms with Gasteiger partial charge in [0.1, 0.15) is 5.69 Å². The van der Waals surface area contributed by atoms with Crippen molar-refractivity contribution >= 4 is 22.8 Å². The Morgan fingerprint density at radius 3 is 1.92 bits per heavy atom. The van der Waals surface area contributed by atoms with Crippen LogP contribution in [0.4, 0.5) is 5.82 Å². The molecular formula is C31H30N6O. The molecule has 0 radical (unpaired) electrons. The van der Waals surface area contributed by atoms with Crippen molar-refractivity contribution < 1.29 is 4.79 Å². The van der Waals surface area contributed by atoms with Crippen LogP contribution in [0.2, 0.25) is 0 Å². The zero-order chi connectivity index (χ0) is 25.9. The summed E-state index contributed by atoms with van der Waals surface area (Å²) >= 11 is 0. The summed E-state index contributed by atoms with van der Waals surface area (Å²) in [7, 11) is 0. The van der Waals surface area contributed by atoms with Gasteiger partial charge in [-0.1, -0.05) is 72.8 Å². The average molecular weight is 503 g/mol. The normalized spacial score (nSPS) is 16.8. The molecule has 190 valence electrons. The Balaban J connectivity index is 1.30. The molecule has 3 aromatic carbocycles. The molecule has 7 heteroatoms. The molecule has 1 saturated carbocycles. The molecule has 1 saturated heterocycles. The lowest BCUT2D eigenvalue weighted by molar-refractivity contribution is -0.121. The smallest absolute Gasteiger partial charge is 0.243 e. The number of carbonyl (C=O) groups excluding carboxylic acids is 1. The summed E-state index contributed by atoms with van der Waals surface area (Å²) in [5.41, 5.74) is 4.43. The van der Waals surface area contributed by atoms with Crippen LogP contribution in [0.1, 0.15) is 41.6 Å². The number of anilines is 1. The van der Waals surface area contributed by atoms with Gasteiger partial charge in [-0.3, -0.25) is 9.69 Å². The van der Waals surface area contributed by atoms with E-state index < -0.39 is 5.92 Å². The minimum absolute atomic E-state index is 0.151. The van der Waals surface area contributed by atoms with E-state index in [1.165, 1.54) is 11.1 Å². The second kappa shape index (κ2) is 10.6. The van der Waals surface area contributed by atoms with Gasteiger partial charge in [-0.05, 0) is 36.1 Å². The summed E-state index contributed by atoms with van der Waals surface area (Å²) in [4.78, 5) is 27.5. The lowest BCUT2D eigenvalue weighted by atomic mass is 9.96. The quantitative estimate of drug-likeness (QED) is 0.403. The minimum atomic E-state index is -0.998. The highest BCUT2D eigenvalue weighted by molar-refractivity contribution is 5.89. The van der Waals surface area contributed by atoms with Gasteiger partial charge in [0.25, 0.3) is 0 Å². The van der Waals surface area contributed by atoms with E-state index in [4.69, 9.17) is 9.97 Å². The van der Waals surface area contributed by atoms with Crippen LogP contribution in [0.3, 0.4) is 0 Å². The van der Waals surface area contributed by atoms with Gasteiger partial charge in [-0.25, -0.2) is 9.97 Å². The lowest BCUT2D eigenvalue weighted by Crippen LogP contribution is -2.48. The molecule has 2 heterocycles. The first-order valence-electron chi connectivity index (χ1n) is 13.3. The topological polar surface area (TPSA) is 85.1 Å². The first-order valence-corrected chi connectivity index (χ1v) is 13.3. The maximum absolute atomic E-state index is 13.0. The van der Waals surface area contributed by atoms with Crippen LogP contribution in [0, 0.1) is 11.3 Å². The van der Waals surface area contributed by atoms with Crippen molar-refractivity contribution in [1.82, 2.24) is 20.2 Å². The number of benzene rings is 3. The van der Waals surface area contributed by atoms with Gasteiger partial charge in [-0.2, -0.15) is 5.26 Å². The molecule has 2 fully saturated rings. The number of hydrogen-bond donors (Lipinski definition) is 1. The number of nitrogens with one attached hydrogen (secondary N) is 1. The molecule has 0 bridgehead atoms. The van der Waals surface area contributed by atoms with Gasteiger partial charge in [0, 0.05) is 32.2 Å². The Hall–Kier alpha value is -4.28. The van der Waals surface area contributed by atoms with Crippen molar-refractivity contribution in [3.05, 3.63) is 102 Å². The fourth-order valence-corrected chi connectivity index (χ4v) is 5.26. The highest BCUT2D eigenvalue weighted by Gasteiger charge is 2.34. The van der Waals surface area contributed by atoms with Crippen molar-refractivity contribution in [2.24, 2.45) is 0 Å². The molecule has 1 aliphatic carbocycles. The van der Waals surface area contributed by atoms with E-state index in [0.29, 0.717) is 17.0 Å². The number of rotatable bonds is 7. The predicted molar refractivity (Wildman–Crippen MR) is 148 cm³/mol. The van der Waals surface area contributed by atoms with E-state index in [1.54, 1.807) is 0 Å².